The van der Waals surface area contributed by atoms with Gasteiger partial charge in [0, 0.05) is 35.8 Å². The molecule has 1 aromatic carbocycles. The highest BCUT2D eigenvalue weighted by Gasteiger charge is 2.62. The number of carbonyl (C=O) groups is 2. The second-order valence-corrected chi connectivity index (χ2v) is 7.67. The number of aromatic hydroxyl groups is 1. The molecule has 8 heteroatoms. The van der Waals surface area contributed by atoms with Crippen molar-refractivity contribution >= 4 is 17.5 Å². The van der Waals surface area contributed by atoms with Crippen LogP contribution in [0.25, 0.3) is 0 Å². The molecular weight excluding hydrogens is 368 g/mol. The van der Waals surface area contributed by atoms with Gasteiger partial charge in [0.15, 0.2) is 0 Å². The van der Waals surface area contributed by atoms with Gasteiger partial charge in [0.1, 0.15) is 22.9 Å². The van der Waals surface area contributed by atoms with Crippen LogP contribution in [-0.2, 0) is 11.2 Å². The minimum atomic E-state index is -1.14. The molecule has 146 valence electrons. The van der Waals surface area contributed by atoms with Gasteiger partial charge in [-0.1, -0.05) is 0 Å². The molecular formula is C20H19F2N3O3. The van der Waals surface area contributed by atoms with E-state index in [0.717, 1.165) is 12.1 Å². The fourth-order valence-electron chi connectivity index (χ4n) is 4.14. The highest BCUT2D eigenvalue weighted by atomic mass is 19.1. The first-order chi connectivity index (χ1) is 13.3. The molecule has 28 heavy (non-hydrogen) atoms. The largest absolute Gasteiger partial charge is 0.508 e. The van der Waals surface area contributed by atoms with Crippen LogP contribution in [0.5, 0.6) is 5.75 Å². The van der Waals surface area contributed by atoms with E-state index in [4.69, 9.17) is 0 Å². The molecule has 3 saturated carbocycles. The number of hydrogen-bond donors (Lipinski definition) is 3. The van der Waals surface area contributed by atoms with E-state index >= 15 is 0 Å². The van der Waals surface area contributed by atoms with Crippen molar-refractivity contribution in [3.05, 3.63) is 53.6 Å². The summed E-state index contributed by atoms with van der Waals surface area (Å²) in [6, 6.07) is 6.31. The minimum absolute atomic E-state index is 0.115. The molecule has 1 aromatic heterocycles. The van der Waals surface area contributed by atoms with Gasteiger partial charge in [-0.25, -0.2) is 8.78 Å². The molecule has 1 heterocycles. The zero-order valence-corrected chi connectivity index (χ0v) is 15.0. The second kappa shape index (κ2) is 6.54. The van der Waals surface area contributed by atoms with Crippen molar-refractivity contribution in [2.75, 3.05) is 5.32 Å². The molecule has 2 bridgehead atoms. The van der Waals surface area contributed by atoms with Gasteiger partial charge >= 0.3 is 0 Å². The van der Waals surface area contributed by atoms with Gasteiger partial charge in [-0.05, 0) is 43.2 Å². The van der Waals surface area contributed by atoms with E-state index in [1.807, 2.05) is 0 Å². The molecule has 2 aromatic rings. The van der Waals surface area contributed by atoms with Gasteiger partial charge in [0.2, 0.25) is 5.91 Å². The molecule has 0 aliphatic heterocycles. The average Bonchev–Trinajstić information content (AvgIpc) is 3.11. The zero-order valence-electron chi connectivity index (χ0n) is 15.0. The standard InChI is InChI=1S/C20H19F2N3O3/c21-13-1-2-16(26)12(7-13)8-17(27)24-14-3-6-23-15(9-14)18(28)25-20-5-4-19(22,10-20)11-20/h1-3,6-7,9,26H,4-5,8,10-11H2,(H,25,28)(H,23,24,27). The third kappa shape index (κ3) is 3.54. The normalized spacial score (nSPS) is 25.1. The molecule has 0 radical (unpaired) electrons. The van der Waals surface area contributed by atoms with Crippen molar-refractivity contribution in [1.29, 1.82) is 0 Å². The third-order valence-corrected chi connectivity index (χ3v) is 5.41. The van der Waals surface area contributed by atoms with Crippen molar-refractivity contribution in [2.45, 2.75) is 43.3 Å². The fourth-order valence-corrected chi connectivity index (χ4v) is 4.14. The summed E-state index contributed by atoms with van der Waals surface area (Å²) in [5.41, 5.74) is -1.01. The van der Waals surface area contributed by atoms with Gasteiger partial charge in [-0.2, -0.15) is 0 Å². The highest BCUT2D eigenvalue weighted by Crippen LogP contribution is 2.57. The Morgan fingerprint density at radius 3 is 2.68 bits per heavy atom. The lowest BCUT2D eigenvalue weighted by Gasteiger charge is -2.42. The number of benzene rings is 1. The first-order valence-corrected chi connectivity index (χ1v) is 9.01. The average molecular weight is 387 g/mol. The van der Waals surface area contributed by atoms with Crippen LogP contribution in [0.2, 0.25) is 0 Å². The molecule has 5 rings (SSSR count). The number of hydrogen-bond acceptors (Lipinski definition) is 4. The van der Waals surface area contributed by atoms with E-state index in [0.29, 0.717) is 31.4 Å². The number of rotatable bonds is 5. The number of halogens is 2. The topological polar surface area (TPSA) is 91.3 Å². The SMILES string of the molecule is O=C(Cc1cc(F)ccc1O)Nc1ccnc(C(=O)NC23CCC(F)(C2)C3)c1. The summed E-state index contributed by atoms with van der Waals surface area (Å²) in [5, 5.41) is 15.2. The van der Waals surface area contributed by atoms with E-state index in [2.05, 4.69) is 15.6 Å². The summed E-state index contributed by atoms with van der Waals surface area (Å²) in [5.74, 6) is -1.62. The van der Waals surface area contributed by atoms with Crippen molar-refractivity contribution in [1.82, 2.24) is 10.3 Å². The van der Waals surface area contributed by atoms with Crippen LogP contribution < -0.4 is 10.6 Å². The van der Waals surface area contributed by atoms with Crippen molar-refractivity contribution in [3.8, 4) is 5.75 Å². The van der Waals surface area contributed by atoms with Gasteiger partial charge in [0.05, 0.1) is 6.42 Å². The Bertz CT molecular complexity index is 957. The highest BCUT2D eigenvalue weighted by molar-refractivity contribution is 5.96. The van der Waals surface area contributed by atoms with E-state index in [1.165, 1.54) is 24.4 Å². The number of nitrogens with one attached hydrogen (secondary N) is 2. The van der Waals surface area contributed by atoms with Gasteiger partial charge in [-0.3, -0.25) is 14.6 Å². The van der Waals surface area contributed by atoms with Crippen molar-refractivity contribution in [3.63, 3.8) is 0 Å². The second-order valence-electron chi connectivity index (χ2n) is 7.67. The minimum Gasteiger partial charge on any atom is -0.508 e. The van der Waals surface area contributed by atoms with E-state index < -0.39 is 28.8 Å². The van der Waals surface area contributed by atoms with Crippen LogP contribution in [0.1, 0.15) is 41.7 Å². The van der Waals surface area contributed by atoms with E-state index in [-0.39, 0.29) is 23.4 Å². The lowest BCUT2D eigenvalue weighted by molar-refractivity contribution is -0.115. The van der Waals surface area contributed by atoms with Crippen molar-refractivity contribution in [2.24, 2.45) is 0 Å². The summed E-state index contributed by atoms with van der Waals surface area (Å²) in [7, 11) is 0. The quantitative estimate of drug-likeness (QED) is 0.736. The number of carbonyl (C=O) groups excluding carboxylic acids is 2. The first-order valence-electron chi connectivity index (χ1n) is 9.01. The Balaban J connectivity index is 1.40. The van der Waals surface area contributed by atoms with Crippen LogP contribution in [-0.4, -0.2) is 33.1 Å². The van der Waals surface area contributed by atoms with Crippen LogP contribution in [0.15, 0.2) is 36.5 Å². The molecule has 3 N–H and O–H groups in total. The molecule has 3 fully saturated rings. The zero-order chi connectivity index (χ0) is 19.9. The van der Waals surface area contributed by atoms with Gasteiger partial charge < -0.3 is 15.7 Å². The Morgan fingerprint density at radius 1 is 1.18 bits per heavy atom. The summed E-state index contributed by atoms with van der Waals surface area (Å²) in [6.07, 6.45) is 2.90. The first kappa shape index (κ1) is 18.3. The van der Waals surface area contributed by atoms with Crippen LogP contribution >= 0.6 is 0 Å². The summed E-state index contributed by atoms with van der Waals surface area (Å²) < 4.78 is 27.2. The number of fused-ring (bicyclic) bond motifs is 1. The Kier molecular flexibility index (Phi) is 4.28. The van der Waals surface area contributed by atoms with Crippen LogP contribution in [0.3, 0.4) is 0 Å². The summed E-state index contributed by atoms with van der Waals surface area (Å²) in [4.78, 5) is 28.7. The number of aromatic nitrogens is 1. The number of phenols is 1. The predicted molar refractivity (Wildman–Crippen MR) is 97.1 cm³/mol. The number of phenolic OH excluding ortho intramolecular Hbond substituents is 1. The summed E-state index contributed by atoms with van der Waals surface area (Å²) in [6.45, 7) is 0. The molecule has 0 unspecified atom stereocenters. The monoisotopic (exact) mass is 387 g/mol. The molecule has 0 atom stereocenters. The number of anilines is 1. The molecule has 0 spiro atoms. The van der Waals surface area contributed by atoms with Crippen LogP contribution in [0, 0.1) is 5.82 Å². The maximum Gasteiger partial charge on any atom is 0.270 e. The Morgan fingerprint density at radius 2 is 1.96 bits per heavy atom. The number of amides is 2. The Labute approximate surface area is 160 Å². The Hall–Kier alpha value is -3.03. The van der Waals surface area contributed by atoms with Crippen molar-refractivity contribution < 1.29 is 23.5 Å². The predicted octanol–water partition coefficient (Wildman–Crippen LogP) is 2.87. The molecule has 3 aliphatic carbocycles. The third-order valence-electron chi connectivity index (χ3n) is 5.41. The lowest BCUT2D eigenvalue weighted by atomic mass is 9.75. The number of alkyl halides is 1. The molecule has 0 saturated heterocycles. The smallest absolute Gasteiger partial charge is 0.270 e. The number of pyridine rings is 1. The van der Waals surface area contributed by atoms with E-state index in [9.17, 15) is 23.5 Å². The number of nitrogens with zero attached hydrogens (tertiary/aromatic N) is 1. The lowest BCUT2D eigenvalue weighted by Crippen LogP contribution is -2.57. The van der Waals surface area contributed by atoms with Gasteiger partial charge in [-0.15, -0.1) is 0 Å². The van der Waals surface area contributed by atoms with Crippen LogP contribution in [0.4, 0.5) is 14.5 Å². The molecule has 2 amide bonds. The van der Waals surface area contributed by atoms with E-state index in [1.54, 1.807) is 0 Å². The fraction of sp³-hybridized carbons (Fsp3) is 0.350. The summed E-state index contributed by atoms with van der Waals surface area (Å²) >= 11 is 0. The molecule has 6 nitrogen and oxygen atoms in total. The van der Waals surface area contributed by atoms with Gasteiger partial charge in [0.25, 0.3) is 5.91 Å². The molecule has 3 aliphatic rings. The maximum atomic E-state index is 14.0. The maximum absolute atomic E-state index is 14.0.